The number of rotatable bonds is 5. The fraction of sp³-hybridized carbons (Fsp3) is 1.00. The van der Waals surface area contributed by atoms with Gasteiger partial charge in [0, 0.05) is 45.1 Å². The number of piperazine rings is 1. The van der Waals surface area contributed by atoms with Crippen molar-refractivity contribution in [3.8, 4) is 0 Å². The third-order valence-electron chi connectivity index (χ3n) is 3.51. The Balaban J connectivity index is 1.62. The lowest BCUT2D eigenvalue weighted by Crippen LogP contribution is -2.48. The van der Waals surface area contributed by atoms with Crippen molar-refractivity contribution in [2.45, 2.75) is 19.8 Å². The molecule has 1 heterocycles. The first-order valence-electron chi connectivity index (χ1n) is 6.28. The van der Waals surface area contributed by atoms with E-state index in [1.165, 1.54) is 52.1 Å². The zero-order valence-electron chi connectivity index (χ0n) is 9.79. The summed E-state index contributed by atoms with van der Waals surface area (Å²) >= 11 is 5.84. The van der Waals surface area contributed by atoms with Crippen LogP contribution in [0.2, 0.25) is 0 Å². The SMILES string of the molecule is CC(CCl)CN1CCN(CC2CC2)CC1. The highest BCUT2D eigenvalue weighted by Gasteiger charge is 2.26. The second kappa shape index (κ2) is 5.51. The molecule has 0 radical (unpaired) electrons. The van der Waals surface area contributed by atoms with E-state index in [4.69, 9.17) is 11.6 Å². The number of hydrogen-bond acceptors (Lipinski definition) is 2. The van der Waals surface area contributed by atoms with Gasteiger partial charge in [0.2, 0.25) is 0 Å². The number of hydrogen-bond donors (Lipinski definition) is 0. The molecule has 1 aliphatic heterocycles. The summed E-state index contributed by atoms with van der Waals surface area (Å²) in [5.41, 5.74) is 0. The van der Waals surface area contributed by atoms with Crippen molar-refractivity contribution in [1.82, 2.24) is 9.80 Å². The first-order chi connectivity index (χ1) is 7.28. The van der Waals surface area contributed by atoms with Crippen LogP contribution >= 0.6 is 11.6 Å². The summed E-state index contributed by atoms with van der Waals surface area (Å²) in [4.78, 5) is 5.20. The number of nitrogens with zero attached hydrogens (tertiary/aromatic N) is 2. The summed E-state index contributed by atoms with van der Waals surface area (Å²) in [6.07, 6.45) is 2.95. The van der Waals surface area contributed by atoms with E-state index in [1.807, 2.05) is 0 Å². The fourth-order valence-corrected chi connectivity index (χ4v) is 2.41. The molecule has 0 N–H and O–H groups in total. The van der Waals surface area contributed by atoms with Crippen LogP contribution in [-0.4, -0.2) is 54.9 Å². The van der Waals surface area contributed by atoms with Crippen molar-refractivity contribution < 1.29 is 0 Å². The summed E-state index contributed by atoms with van der Waals surface area (Å²) in [6, 6.07) is 0. The molecule has 0 aromatic rings. The Hall–Kier alpha value is 0.210. The summed E-state index contributed by atoms with van der Waals surface area (Å²) < 4.78 is 0. The average Bonchev–Trinajstić information content (AvgIpc) is 3.05. The molecule has 1 saturated carbocycles. The minimum atomic E-state index is 0.640. The van der Waals surface area contributed by atoms with E-state index in [1.54, 1.807) is 0 Å². The molecule has 2 fully saturated rings. The molecular formula is C12H23ClN2. The van der Waals surface area contributed by atoms with E-state index in [0.29, 0.717) is 5.92 Å². The molecule has 0 aromatic carbocycles. The minimum Gasteiger partial charge on any atom is -0.301 e. The van der Waals surface area contributed by atoms with Crippen molar-refractivity contribution in [2.24, 2.45) is 11.8 Å². The van der Waals surface area contributed by atoms with E-state index < -0.39 is 0 Å². The van der Waals surface area contributed by atoms with Crippen molar-refractivity contribution >= 4 is 11.6 Å². The van der Waals surface area contributed by atoms with Gasteiger partial charge >= 0.3 is 0 Å². The third kappa shape index (κ3) is 3.93. The molecule has 0 spiro atoms. The first-order valence-corrected chi connectivity index (χ1v) is 6.82. The largest absolute Gasteiger partial charge is 0.301 e. The molecule has 2 aliphatic rings. The molecule has 1 saturated heterocycles. The maximum atomic E-state index is 5.84. The van der Waals surface area contributed by atoms with Crippen LogP contribution in [0, 0.1) is 11.8 Å². The van der Waals surface area contributed by atoms with Gasteiger partial charge in [-0.15, -0.1) is 11.6 Å². The topological polar surface area (TPSA) is 6.48 Å². The monoisotopic (exact) mass is 230 g/mol. The highest BCUT2D eigenvalue weighted by Crippen LogP contribution is 2.29. The predicted octanol–water partition coefficient (Wildman–Crippen LogP) is 1.89. The van der Waals surface area contributed by atoms with Gasteiger partial charge in [-0.3, -0.25) is 0 Å². The van der Waals surface area contributed by atoms with Gasteiger partial charge in [-0.2, -0.15) is 0 Å². The van der Waals surface area contributed by atoms with Gasteiger partial charge in [-0.05, 0) is 24.7 Å². The van der Waals surface area contributed by atoms with Gasteiger partial charge in [0.25, 0.3) is 0 Å². The lowest BCUT2D eigenvalue weighted by Gasteiger charge is -2.35. The second-order valence-electron chi connectivity index (χ2n) is 5.30. The second-order valence-corrected chi connectivity index (χ2v) is 5.61. The molecule has 2 nitrogen and oxygen atoms in total. The van der Waals surface area contributed by atoms with E-state index in [0.717, 1.165) is 11.8 Å². The van der Waals surface area contributed by atoms with Gasteiger partial charge in [0.05, 0.1) is 0 Å². The highest BCUT2D eigenvalue weighted by molar-refractivity contribution is 6.18. The van der Waals surface area contributed by atoms with E-state index in [2.05, 4.69) is 16.7 Å². The molecule has 0 aromatic heterocycles. The summed E-state index contributed by atoms with van der Waals surface area (Å²) in [7, 11) is 0. The van der Waals surface area contributed by atoms with Crippen LogP contribution in [0.3, 0.4) is 0 Å². The Morgan fingerprint density at radius 1 is 1.13 bits per heavy atom. The van der Waals surface area contributed by atoms with Crippen LogP contribution < -0.4 is 0 Å². The summed E-state index contributed by atoms with van der Waals surface area (Å²) in [6.45, 7) is 9.81. The summed E-state index contributed by atoms with van der Waals surface area (Å²) in [5.74, 6) is 2.47. The van der Waals surface area contributed by atoms with Crippen LogP contribution in [0.15, 0.2) is 0 Å². The van der Waals surface area contributed by atoms with Gasteiger partial charge in [0.1, 0.15) is 0 Å². The van der Waals surface area contributed by atoms with Crippen molar-refractivity contribution in [2.75, 3.05) is 45.1 Å². The van der Waals surface area contributed by atoms with E-state index in [-0.39, 0.29) is 0 Å². The van der Waals surface area contributed by atoms with E-state index >= 15 is 0 Å². The molecule has 2 rings (SSSR count). The lowest BCUT2D eigenvalue weighted by atomic mass is 10.2. The normalized spacial score (nSPS) is 26.8. The fourth-order valence-electron chi connectivity index (χ4n) is 2.31. The van der Waals surface area contributed by atoms with Crippen LogP contribution in [0.25, 0.3) is 0 Å². The number of alkyl halides is 1. The van der Waals surface area contributed by atoms with E-state index in [9.17, 15) is 0 Å². The van der Waals surface area contributed by atoms with Gasteiger partial charge in [0.15, 0.2) is 0 Å². The maximum absolute atomic E-state index is 5.84. The molecule has 0 bridgehead atoms. The van der Waals surface area contributed by atoms with Crippen LogP contribution in [0.4, 0.5) is 0 Å². The molecule has 0 amide bonds. The molecule has 1 atom stereocenters. The number of halogens is 1. The molecule has 88 valence electrons. The Bertz CT molecular complexity index is 186. The van der Waals surface area contributed by atoms with Gasteiger partial charge in [-0.1, -0.05) is 6.92 Å². The lowest BCUT2D eigenvalue weighted by molar-refractivity contribution is 0.119. The zero-order valence-corrected chi connectivity index (χ0v) is 10.5. The zero-order chi connectivity index (χ0) is 10.7. The van der Waals surface area contributed by atoms with Crippen LogP contribution in [-0.2, 0) is 0 Å². The Kier molecular flexibility index (Phi) is 4.30. The van der Waals surface area contributed by atoms with Crippen molar-refractivity contribution in [3.63, 3.8) is 0 Å². The Labute approximate surface area is 98.6 Å². The third-order valence-corrected chi connectivity index (χ3v) is 4.04. The highest BCUT2D eigenvalue weighted by atomic mass is 35.5. The maximum Gasteiger partial charge on any atom is 0.0261 e. The predicted molar refractivity (Wildman–Crippen MR) is 65.5 cm³/mol. The van der Waals surface area contributed by atoms with Crippen molar-refractivity contribution in [1.29, 1.82) is 0 Å². The van der Waals surface area contributed by atoms with Crippen molar-refractivity contribution in [3.05, 3.63) is 0 Å². The smallest absolute Gasteiger partial charge is 0.0261 e. The minimum absolute atomic E-state index is 0.640. The molecule has 15 heavy (non-hydrogen) atoms. The summed E-state index contributed by atoms with van der Waals surface area (Å²) in [5, 5.41) is 0. The van der Waals surface area contributed by atoms with Gasteiger partial charge in [-0.25, -0.2) is 0 Å². The molecule has 3 heteroatoms. The standard InChI is InChI=1S/C12H23ClN2/c1-11(8-13)9-14-4-6-15(7-5-14)10-12-2-3-12/h11-12H,2-10H2,1H3. The molecule has 1 aliphatic carbocycles. The van der Waals surface area contributed by atoms with Gasteiger partial charge < -0.3 is 9.80 Å². The quantitative estimate of drug-likeness (QED) is 0.666. The van der Waals surface area contributed by atoms with Crippen LogP contribution in [0.1, 0.15) is 19.8 Å². The molecule has 1 unspecified atom stereocenters. The first kappa shape index (κ1) is 11.7. The molecular weight excluding hydrogens is 208 g/mol. The van der Waals surface area contributed by atoms with Crippen LogP contribution in [0.5, 0.6) is 0 Å². The Morgan fingerprint density at radius 2 is 1.73 bits per heavy atom. The average molecular weight is 231 g/mol. The Morgan fingerprint density at radius 3 is 2.27 bits per heavy atom.